The Morgan fingerprint density at radius 1 is 1.20 bits per heavy atom. The molecular formula is C14H14ClN3O2. The van der Waals surface area contributed by atoms with Gasteiger partial charge in [-0.25, -0.2) is 0 Å². The van der Waals surface area contributed by atoms with Crippen LogP contribution in [0.1, 0.15) is 5.56 Å². The van der Waals surface area contributed by atoms with Gasteiger partial charge in [-0.2, -0.15) is 0 Å². The molecule has 104 valence electrons. The molecule has 0 fully saturated rings. The van der Waals surface area contributed by atoms with E-state index in [-0.39, 0.29) is 11.4 Å². The zero-order chi connectivity index (χ0) is 14.5. The molecule has 0 atom stereocenters. The van der Waals surface area contributed by atoms with E-state index in [0.717, 1.165) is 17.7 Å². The van der Waals surface area contributed by atoms with E-state index in [1.807, 2.05) is 24.3 Å². The minimum atomic E-state index is -0.493. The number of nitrogen functional groups attached to an aromatic ring is 1. The number of nitro benzene ring substituents is 1. The molecule has 0 saturated heterocycles. The van der Waals surface area contributed by atoms with E-state index in [4.69, 9.17) is 17.3 Å². The highest BCUT2D eigenvalue weighted by molar-refractivity contribution is 6.30. The molecule has 0 aliphatic heterocycles. The zero-order valence-corrected chi connectivity index (χ0v) is 11.4. The molecule has 0 spiro atoms. The third-order valence-corrected chi connectivity index (χ3v) is 3.13. The fraction of sp³-hybridized carbons (Fsp3) is 0.143. The molecule has 5 nitrogen and oxygen atoms in total. The van der Waals surface area contributed by atoms with Gasteiger partial charge in [0, 0.05) is 23.3 Å². The third-order valence-electron chi connectivity index (χ3n) is 2.88. The Morgan fingerprint density at radius 2 is 1.90 bits per heavy atom. The number of hydrogen-bond donors (Lipinski definition) is 2. The Kier molecular flexibility index (Phi) is 4.42. The number of nitro groups is 1. The monoisotopic (exact) mass is 291 g/mol. The summed E-state index contributed by atoms with van der Waals surface area (Å²) in [5.74, 6) is 0. The average molecular weight is 292 g/mol. The van der Waals surface area contributed by atoms with E-state index in [1.165, 1.54) is 6.07 Å². The second kappa shape index (κ2) is 6.25. The summed E-state index contributed by atoms with van der Waals surface area (Å²) in [5, 5.41) is 14.5. The summed E-state index contributed by atoms with van der Waals surface area (Å²) in [6, 6.07) is 12.3. The Bertz CT molecular complexity index is 614. The number of nitrogens with zero attached hydrogens (tertiary/aromatic N) is 1. The van der Waals surface area contributed by atoms with Crippen molar-refractivity contribution in [3.63, 3.8) is 0 Å². The maximum absolute atomic E-state index is 10.7. The highest BCUT2D eigenvalue weighted by Crippen LogP contribution is 2.24. The molecule has 0 amide bonds. The zero-order valence-electron chi connectivity index (χ0n) is 10.7. The summed E-state index contributed by atoms with van der Waals surface area (Å²) in [4.78, 5) is 10.2. The van der Waals surface area contributed by atoms with Gasteiger partial charge in [-0.3, -0.25) is 10.1 Å². The maximum Gasteiger partial charge on any atom is 0.292 e. The fourth-order valence-corrected chi connectivity index (χ4v) is 1.96. The van der Waals surface area contributed by atoms with Crippen LogP contribution < -0.4 is 11.1 Å². The predicted octanol–water partition coefficient (Wildman–Crippen LogP) is 3.49. The van der Waals surface area contributed by atoms with Crippen molar-refractivity contribution in [1.29, 1.82) is 0 Å². The number of nitrogens with two attached hydrogens (primary N) is 1. The van der Waals surface area contributed by atoms with Crippen LogP contribution in [0.2, 0.25) is 5.02 Å². The van der Waals surface area contributed by atoms with Gasteiger partial charge in [0.2, 0.25) is 0 Å². The Hall–Kier alpha value is -2.27. The highest BCUT2D eigenvalue weighted by atomic mass is 35.5. The number of nitrogens with one attached hydrogen (secondary N) is 1. The van der Waals surface area contributed by atoms with E-state index >= 15 is 0 Å². The minimum Gasteiger partial charge on any atom is -0.393 e. The van der Waals surface area contributed by atoms with Crippen LogP contribution in [0.3, 0.4) is 0 Å². The van der Waals surface area contributed by atoms with Gasteiger partial charge in [0.15, 0.2) is 0 Å². The fourth-order valence-electron chi connectivity index (χ4n) is 1.83. The lowest BCUT2D eigenvalue weighted by atomic mass is 10.1. The van der Waals surface area contributed by atoms with E-state index in [9.17, 15) is 10.1 Å². The molecule has 3 N–H and O–H groups in total. The first-order valence-corrected chi connectivity index (χ1v) is 6.46. The van der Waals surface area contributed by atoms with E-state index in [1.54, 1.807) is 12.1 Å². The molecule has 20 heavy (non-hydrogen) atoms. The van der Waals surface area contributed by atoms with Crippen LogP contribution in [0, 0.1) is 10.1 Å². The number of hydrogen-bond acceptors (Lipinski definition) is 4. The number of rotatable bonds is 5. The molecule has 0 aromatic heterocycles. The standard InChI is InChI=1S/C14H14ClN3O2/c15-11-3-1-10(2-4-11)7-8-17-12-5-6-14(18(19)20)13(16)9-12/h1-6,9,17H,7-8,16H2. The summed E-state index contributed by atoms with van der Waals surface area (Å²) in [6.07, 6.45) is 0.827. The number of anilines is 2. The lowest BCUT2D eigenvalue weighted by Gasteiger charge is -2.07. The maximum atomic E-state index is 10.7. The van der Waals surface area contributed by atoms with Crippen molar-refractivity contribution in [2.45, 2.75) is 6.42 Å². The van der Waals surface area contributed by atoms with Crippen molar-refractivity contribution >= 4 is 28.7 Å². The summed E-state index contributed by atoms with van der Waals surface area (Å²) < 4.78 is 0. The molecule has 2 aromatic carbocycles. The topological polar surface area (TPSA) is 81.2 Å². The van der Waals surface area contributed by atoms with Crippen molar-refractivity contribution in [3.05, 3.63) is 63.2 Å². The van der Waals surface area contributed by atoms with Gasteiger partial charge in [-0.05, 0) is 36.2 Å². The molecule has 6 heteroatoms. The van der Waals surface area contributed by atoms with Crippen LogP contribution in [0.4, 0.5) is 17.1 Å². The van der Waals surface area contributed by atoms with Crippen molar-refractivity contribution in [1.82, 2.24) is 0 Å². The first-order chi connectivity index (χ1) is 9.56. The predicted molar refractivity (Wildman–Crippen MR) is 81.2 cm³/mol. The van der Waals surface area contributed by atoms with Gasteiger partial charge in [0.25, 0.3) is 5.69 Å². The normalized spacial score (nSPS) is 10.2. The summed E-state index contributed by atoms with van der Waals surface area (Å²) >= 11 is 5.81. The van der Waals surface area contributed by atoms with Crippen molar-refractivity contribution in [2.24, 2.45) is 0 Å². The second-order valence-corrected chi connectivity index (χ2v) is 4.77. The Balaban J connectivity index is 1.92. The molecule has 0 bridgehead atoms. The Labute approximate surface area is 121 Å². The first kappa shape index (κ1) is 14.1. The highest BCUT2D eigenvalue weighted by Gasteiger charge is 2.10. The van der Waals surface area contributed by atoms with Crippen LogP contribution in [-0.4, -0.2) is 11.5 Å². The van der Waals surface area contributed by atoms with Gasteiger partial charge in [0.05, 0.1) is 4.92 Å². The van der Waals surface area contributed by atoms with E-state index in [0.29, 0.717) is 11.6 Å². The molecule has 0 aliphatic rings. The third kappa shape index (κ3) is 3.61. The number of halogens is 1. The van der Waals surface area contributed by atoms with Crippen LogP contribution >= 0.6 is 11.6 Å². The molecule has 0 saturated carbocycles. The molecule has 0 radical (unpaired) electrons. The molecular weight excluding hydrogens is 278 g/mol. The van der Waals surface area contributed by atoms with Crippen molar-refractivity contribution < 1.29 is 4.92 Å². The molecule has 0 aliphatic carbocycles. The Morgan fingerprint density at radius 3 is 2.50 bits per heavy atom. The molecule has 0 heterocycles. The minimum absolute atomic E-state index is 0.0757. The first-order valence-electron chi connectivity index (χ1n) is 6.08. The number of benzene rings is 2. The SMILES string of the molecule is Nc1cc(NCCc2ccc(Cl)cc2)ccc1[N+](=O)[O-]. The molecule has 2 rings (SSSR count). The summed E-state index contributed by atoms with van der Waals surface area (Å²) in [6.45, 7) is 0.707. The van der Waals surface area contributed by atoms with Gasteiger partial charge >= 0.3 is 0 Å². The largest absolute Gasteiger partial charge is 0.393 e. The second-order valence-electron chi connectivity index (χ2n) is 4.33. The van der Waals surface area contributed by atoms with E-state index in [2.05, 4.69) is 5.32 Å². The molecule has 0 unspecified atom stereocenters. The average Bonchev–Trinajstić information content (AvgIpc) is 2.41. The van der Waals surface area contributed by atoms with Gasteiger partial charge < -0.3 is 11.1 Å². The van der Waals surface area contributed by atoms with Gasteiger partial charge in [-0.1, -0.05) is 23.7 Å². The van der Waals surface area contributed by atoms with Crippen molar-refractivity contribution in [2.75, 3.05) is 17.6 Å². The van der Waals surface area contributed by atoms with Crippen LogP contribution in [0.5, 0.6) is 0 Å². The van der Waals surface area contributed by atoms with Gasteiger partial charge in [-0.15, -0.1) is 0 Å². The van der Waals surface area contributed by atoms with Crippen LogP contribution in [-0.2, 0) is 6.42 Å². The summed E-state index contributed by atoms with van der Waals surface area (Å²) in [5.41, 5.74) is 7.64. The van der Waals surface area contributed by atoms with Crippen LogP contribution in [0.15, 0.2) is 42.5 Å². The van der Waals surface area contributed by atoms with Gasteiger partial charge in [0.1, 0.15) is 5.69 Å². The van der Waals surface area contributed by atoms with Crippen LogP contribution in [0.25, 0.3) is 0 Å². The van der Waals surface area contributed by atoms with E-state index < -0.39 is 4.92 Å². The lowest BCUT2D eigenvalue weighted by molar-refractivity contribution is -0.383. The van der Waals surface area contributed by atoms with Crippen molar-refractivity contribution in [3.8, 4) is 0 Å². The summed E-state index contributed by atoms with van der Waals surface area (Å²) in [7, 11) is 0. The molecule has 2 aromatic rings. The smallest absolute Gasteiger partial charge is 0.292 e. The lowest BCUT2D eigenvalue weighted by Crippen LogP contribution is -2.05. The quantitative estimate of drug-likeness (QED) is 0.502.